The van der Waals surface area contributed by atoms with Crippen molar-refractivity contribution in [1.82, 2.24) is 5.43 Å². The monoisotopic (exact) mass is 431 g/mol. The first-order valence-corrected chi connectivity index (χ1v) is 10.0. The molecule has 1 aromatic heterocycles. The number of thiophene rings is 1. The summed E-state index contributed by atoms with van der Waals surface area (Å²) in [5.74, 6) is -2.91. The summed E-state index contributed by atoms with van der Waals surface area (Å²) in [6, 6.07) is 3.92. The SMILES string of the molecule is COC(=O)c1c(NC(=O)C(=O)N/N=C(/C)c2ccc(O)cc2O)sc2c1CCCC2. The maximum atomic E-state index is 12.3. The normalized spacial score (nSPS) is 13.3. The van der Waals surface area contributed by atoms with Gasteiger partial charge in [-0.05, 0) is 50.3 Å². The molecule has 30 heavy (non-hydrogen) atoms. The molecule has 3 rings (SSSR count). The van der Waals surface area contributed by atoms with E-state index in [0.29, 0.717) is 5.56 Å². The molecule has 0 aliphatic heterocycles. The van der Waals surface area contributed by atoms with Crippen LogP contribution < -0.4 is 10.7 Å². The van der Waals surface area contributed by atoms with Crippen LogP contribution in [-0.4, -0.2) is 40.8 Å². The Balaban J connectivity index is 1.74. The number of carbonyl (C=O) groups excluding carboxylic acids is 3. The molecule has 0 spiro atoms. The van der Waals surface area contributed by atoms with Gasteiger partial charge in [-0.2, -0.15) is 5.10 Å². The molecule has 2 amide bonds. The van der Waals surface area contributed by atoms with Crippen LogP contribution in [0.4, 0.5) is 5.00 Å². The third-order valence-corrected chi connectivity index (χ3v) is 5.90. The fourth-order valence-electron chi connectivity index (χ4n) is 3.20. The number of aromatic hydroxyl groups is 2. The zero-order valence-corrected chi connectivity index (χ0v) is 17.3. The number of hydrogen-bond donors (Lipinski definition) is 4. The number of anilines is 1. The van der Waals surface area contributed by atoms with Crippen molar-refractivity contribution in [2.24, 2.45) is 5.10 Å². The number of esters is 1. The van der Waals surface area contributed by atoms with Crippen molar-refractivity contribution >= 4 is 39.8 Å². The second-order valence-corrected chi connectivity index (χ2v) is 7.81. The number of fused-ring (bicyclic) bond motifs is 1. The Morgan fingerprint density at radius 2 is 1.87 bits per heavy atom. The highest BCUT2D eigenvalue weighted by atomic mass is 32.1. The number of nitrogens with one attached hydrogen (secondary N) is 2. The largest absolute Gasteiger partial charge is 0.508 e. The number of hydrogen-bond acceptors (Lipinski definition) is 8. The standard InChI is InChI=1S/C20H21N3O6S/c1-10(12-8-7-11(24)9-14(12)25)22-23-18(27)17(26)21-19-16(20(28)29-2)13-5-3-4-6-15(13)30-19/h7-9,24-25H,3-6H2,1-2H3,(H,21,26)(H,23,27)/b22-10-. The van der Waals surface area contributed by atoms with Crippen LogP contribution >= 0.6 is 11.3 Å². The Kier molecular flexibility index (Phi) is 6.36. The van der Waals surface area contributed by atoms with Crippen molar-refractivity contribution in [3.05, 3.63) is 39.8 Å². The summed E-state index contributed by atoms with van der Waals surface area (Å²) in [7, 11) is 1.27. The van der Waals surface area contributed by atoms with Gasteiger partial charge in [0.05, 0.1) is 18.4 Å². The minimum absolute atomic E-state index is 0.118. The molecular weight excluding hydrogens is 410 g/mol. The van der Waals surface area contributed by atoms with Crippen LogP contribution in [0.2, 0.25) is 0 Å². The van der Waals surface area contributed by atoms with Gasteiger partial charge in [0.1, 0.15) is 16.5 Å². The Morgan fingerprint density at radius 3 is 2.57 bits per heavy atom. The molecule has 4 N–H and O–H groups in total. The Morgan fingerprint density at radius 1 is 1.13 bits per heavy atom. The molecule has 0 bridgehead atoms. The van der Waals surface area contributed by atoms with Gasteiger partial charge in [0.2, 0.25) is 0 Å². The summed E-state index contributed by atoms with van der Waals surface area (Å²) in [5.41, 5.74) is 3.80. The highest BCUT2D eigenvalue weighted by molar-refractivity contribution is 7.17. The molecule has 0 saturated heterocycles. The summed E-state index contributed by atoms with van der Waals surface area (Å²) in [5, 5.41) is 25.8. The highest BCUT2D eigenvalue weighted by Gasteiger charge is 2.28. The lowest BCUT2D eigenvalue weighted by Crippen LogP contribution is -2.33. The molecule has 1 heterocycles. The van der Waals surface area contributed by atoms with Crippen molar-refractivity contribution in [1.29, 1.82) is 0 Å². The minimum atomic E-state index is -1.03. The third-order valence-electron chi connectivity index (χ3n) is 4.69. The number of ether oxygens (including phenoxy) is 1. The fourth-order valence-corrected chi connectivity index (χ4v) is 4.48. The number of benzene rings is 1. The molecule has 0 saturated carbocycles. The maximum Gasteiger partial charge on any atom is 0.341 e. The van der Waals surface area contributed by atoms with Crippen molar-refractivity contribution < 1.29 is 29.3 Å². The van der Waals surface area contributed by atoms with Gasteiger partial charge in [0.25, 0.3) is 0 Å². The average Bonchev–Trinajstić information content (AvgIpc) is 3.08. The van der Waals surface area contributed by atoms with Gasteiger partial charge in [-0.3, -0.25) is 9.59 Å². The number of carbonyl (C=O) groups is 3. The predicted octanol–water partition coefficient (Wildman–Crippen LogP) is 2.30. The molecule has 1 aromatic carbocycles. The van der Waals surface area contributed by atoms with Gasteiger partial charge in [0, 0.05) is 16.5 Å². The van der Waals surface area contributed by atoms with Gasteiger partial charge in [-0.15, -0.1) is 11.3 Å². The molecule has 0 fully saturated rings. The first-order chi connectivity index (χ1) is 14.3. The van der Waals surface area contributed by atoms with Gasteiger partial charge < -0.3 is 20.3 Å². The topological polar surface area (TPSA) is 137 Å². The first-order valence-electron chi connectivity index (χ1n) is 9.22. The lowest BCUT2D eigenvalue weighted by atomic mass is 9.95. The van der Waals surface area contributed by atoms with Crippen LogP contribution in [0.3, 0.4) is 0 Å². The third kappa shape index (κ3) is 4.43. The van der Waals surface area contributed by atoms with E-state index < -0.39 is 17.8 Å². The van der Waals surface area contributed by atoms with E-state index in [1.54, 1.807) is 0 Å². The molecule has 0 unspecified atom stereocenters. The molecular formula is C20H21N3O6S. The van der Waals surface area contributed by atoms with Gasteiger partial charge in [-0.25, -0.2) is 10.2 Å². The van der Waals surface area contributed by atoms with Gasteiger partial charge in [0.15, 0.2) is 0 Å². The smallest absolute Gasteiger partial charge is 0.341 e. The van der Waals surface area contributed by atoms with Crippen molar-refractivity contribution in [2.45, 2.75) is 32.6 Å². The number of phenolic OH excluding ortho intramolecular Hbond substituents is 2. The van der Waals surface area contributed by atoms with Crippen molar-refractivity contribution in [3.8, 4) is 11.5 Å². The second-order valence-electron chi connectivity index (χ2n) is 6.70. The molecule has 10 heteroatoms. The minimum Gasteiger partial charge on any atom is -0.508 e. The van der Waals surface area contributed by atoms with Gasteiger partial charge in [-0.1, -0.05) is 0 Å². The Bertz CT molecular complexity index is 1040. The molecule has 1 aliphatic rings. The van der Waals surface area contributed by atoms with Crippen LogP contribution in [0.1, 0.15) is 46.1 Å². The first kappa shape index (κ1) is 21.3. The molecule has 2 aromatic rings. The molecule has 9 nitrogen and oxygen atoms in total. The number of hydrazone groups is 1. The lowest BCUT2D eigenvalue weighted by molar-refractivity contribution is -0.136. The lowest BCUT2D eigenvalue weighted by Gasteiger charge is -2.11. The van der Waals surface area contributed by atoms with Crippen molar-refractivity contribution in [3.63, 3.8) is 0 Å². The number of methoxy groups -OCH3 is 1. The van der Waals surface area contributed by atoms with Crippen LogP contribution in [0.5, 0.6) is 11.5 Å². The number of aryl methyl sites for hydroxylation is 1. The van der Waals surface area contributed by atoms with E-state index in [-0.39, 0.29) is 27.8 Å². The maximum absolute atomic E-state index is 12.3. The Labute approximate surface area is 176 Å². The van der Waals surface area contributed by atoms with E-state index in [9.17, 15) is 24.6 Å². The zero-order valence-electron chi connectivity index (χ0n) is 16.4. The summed E-state index contributed by atoms with van der Waals surface area (Å²) >= 11 is 1.27. The van der Waals surface area contributed by atoms with E-state index in [2.05, 4.69) is 15.8 Å². The number of phenols is 2. The summed E-state index contributed by atoms with van der Waals surface area (Å²) in [6.45, 7) is 1.52. The summed E-state index contributed by atoms with van der Waals surface area (Å²) in [4.78, 5) is 37.7. The quantitative estimate of drug-likeness (QED) is 0.254. The second kappa shape index (κ2) is 8.95. The average molecular weight is 431 g/mol. The Hall–Kier alpha value is -3.40. The van der Waals surface area contributed by atoms with Crippen LogP contribution in [0.15, 0.2) is 23.3 Å². The summed E-state index contributed by atoms with van der Waals surface area (Å²) < 4.78 is 4.84. The van der Waals surface area contributed by atoms with E-state index >= 15 is 0 Å². The fraction of sp³-hybridized carbons (Fsp3) is 0.300. The molecule has 158 valence electrons. The van der Waals surface area contributed by atoms with Crippen LogP contribution in [-0.2, 0) is 27.2 Å². The highest BCUT2D eigenvalue weighted by Crippen LogP contribution is 2.38. The number of nitrogens with zero attached hydrogens (tertiary/aromatic N) is 1. The van der Waals surface area contributed by atoms with Gasteiger partial charge >= 0.3 is 17.8 Å². The van der Waals surface area contributed by atoms with Crippen LogP contribution in [0, 0.1) is 0 Å². The molecule has 0 atom stereocenters. The van der Waals surface area contributed by atoms with E-state index in [0.717, 1.165) is 42.2 Å². The predicted molar refractivity (Wildman–Crippen MR) is 111 cm³/mol. The molecule has 1 aliphatic carbocycles. The summed E-state index contributed by atoms with van der Waals surface area (Å²) in [6.07, 6.45) is 3.48. The number of rotatable bonds is 4. The van der Waals surface area contributed by atoms with E-state index in [1.807, 2.05) is 0 Å². The van der Waals surface area contributed by atoms with Crippen LogP contribution in [0.25, 0.3) is 0 Å². The number of amides is 2. The van der Waals surface area contributed by atoms with Crippen molar-refractivity contribution in [2.75, 3.05) is 12.4 Å². The van der Waals surface area contributed by atoms with E-state index in [1.165, 1.54) is 37.5 Å². The molecule has 0 radical (unpaired) electrons. The zero-order chi connectivity index (χ0) is 21.8. The van der Waals surface area contributed by atoms with E-state index in [4.69, 9.17) is 4.74 Å².